The molecule has 29 heavy (non-hydrogen) atoms. The molecule has 4 rings (SSSR count). The lowest BCUT2D eigenvalue weighted by Crippen LogP contribution is -2.30. The molecule has 1 aliphatic rings. The summed E-state index contributed by atoms with van der Waals surface area (Å²) < 4.78 is 7.31. The highest BCUT2D eigenvalue weighted by Crippen LogP contribution is 2.41. The van der Waals surface area contributed by atoms with Crippen LogP contribution in [-0.2, 0) is 11.3 Å². The van der Waals surface area contributed by atoms with Gasteiger partial charge in [0.2, 0.25) is 5.91 Å². The molecule has 1 unspecified atom stereocenters. The Morgan fingerprint density at radius 1 is 1.28 bits per heavy atom. The first-order valence-electron chi connectivity index (χ1n) is 9.58. The zero-order chi connectivity index (χ0) is 20.2. The topological polar surface area (TPSA) is 81.9 Å². The average molecular weight is 410 g/mol. The summed E-state index contributed by atoms with van der Waals surface area (Å²) in [5.74, 6) is 1.58. The van der Waals surface area contributed by atoms with Crippen LogP contribution in [0.25, 0.3) is 11.4 Å². The largest absolute Gasteiger partial charge is 0.497 e. The summed E-state index contributed by atoms with van der Waals surface area (Å²) in [6.45, 7) is 2.37. The van der Waals surface area contributed by atoms with Crippen molar-refractivity contribution >= 4 is 17.7 Å². The first kappa shape index (κ1) is 19.4. The second-order valence-corrected chi connectivity index (χ2v) is 8.28. The first-order valence-corrected chi connectivity index (χ1v) is 10.5. The highest BCUT2D eigenvalue weighted by molar-refractivity contribution is 8.00. The summed E-state index contributed by atoms with van der Waals surface area (Å²) in [7, 11) is 1.63. The van der Waals surface area contributed by atoms with Crippen LogP contribution in [0.4, 0.5) is 0 Å². The summed E-state index contributed by atoms with van der Waals surface area (Å²) in [5, 5.41) is 12.2. The smallest absolute Gasteiger partial charge is 0.233 e. The number of benzene rings is 1. The molecule has 1 aliphatic carbocycles. The zero-order valence-electron chi connectivity index (χ0n) is 16.4. The Morgan fingerprint density at radius 3 is 2.72 bits per heavy atom. The molecule has 3 aromatic rings. The number of ether oxygens (including phenoxy) is 1. The lowest BCUT2D eigenvalue weighted by atomic mass is 10.2. The van der Waals surface area contributed by atoms with Crippen molar-refractivity contribution < 1.29 is 9.53 Å². The van der Waals surface area contributed by atoms with E-state index in [1.165, 1.54) is 11.8 Å². The van der Waals surface area contributed by atoms with Crippen molar-refractivity contribution in [2.75, 3.05) is 7.11 Å². The molecule has 1 N–H and O–H groups in total. The summed E-state index contributed by atoms with van der Waals surface area (Å²) in [6, 6.07) is 11.9. The van der Waals surface area contributed by atoms with E-state index >= 15 is 0 Å². The predicted molar refractivity (Wildman–Crippen MR) is 112 cm³/mol. The Hall–Kier alpha value is -2.87. The average Bonchev–Trinajstić information content (AvgIpc) is 3.52. The Bertz CT molecular complexity index is 970. The SMILES string of the molecule is COc1ccc(CNC(=O)C(C)Sc2nnc(-c3cccnc3)n2C2CC2)cc1. The van der Waals surface area contributed by atoms with E-state index in [0.29, 0.717) is 12.6 Å². The van der Waals surface area contributed by atoms with Crippen molar-refractivity contribution in [3.05, 3.63) is 54.4 Å². The van der Waals surface area contributed by atoms with Gasteiger partial charge in [0.15, 0.2) is 11.0 Å². The number of hydrogen-bond acceptors (Lipinski definition) is 6. The molecule has 2 aromatic heterocycles. The molecule has 0 radical (unpaired) electrons. The van der Waals surface area contributed by atoms with E-state index in [4.69, 9.17) is 4.74 Å². The normalized spacial score (nSPS) is 14.4. The van der Waals surface area contributed by atoms with E-state index < -0.39 is 0 Å². The molecule has 0 aliphatic heterocycles. The summed E-state index contributed by atoms with van der Waals surface area (Å²) in [5.41, 5.74) is 1.96. The van der Waals surface area contributed by atoms with Crippen molar-refractivity contribution in [3.63, 3.8) is 0 Å². The van der Waals surface area contributed by atoms with Gasteiger partial charge < -0.3 is 10.1 Å². The third-order valence-corrected chi connectivity index (χ3v) is 5.83. The van der Waals surface area contributed by atoms with E-state index in [9.17, 15) is 4.79 Å². The molecule has 0 saturated heterocycles. The summed E-state index contributed by atoms with van der Waals surface area (Å²) >= 11 is 1.44. The number of amides is 1. The molecule has 1 saturated carbocycles. The summed E-state index contributed by atoms with van der Waals surface area (Å²) in [6.07, 6.45) is 5.75. The molecule has 8 heteroatoms. The van der Waals surface area contributed by atoms with Crippen LogP contribution < -0.4 is 10.1 Å². The zero-order valence-corrected chi connectivity index (χ0v) is 17.2. The Kier molecular flexibility index (Phi) is 5.80. The van der Waals surface area contributed by atoms with Crippen molar-refractivity contribution in [1.82, 2.24) is 25.1 Å². The molecule has 1 amide bonds. The number of nitrogens with zero attached hydrogens (tertiary/aromatic N) is 4. The van der Waals surface area contributed by atoms with Crippen molar-refractivity contribution in [3.8, 4) is 17.1 Å². The highest BCUT2D eigenvalue weighted by atomic mass is 32.2. The van der Waals surface area contributed by atoms with Crippen LogP contribution in [0, 0.1) is 0 Å². The van der Waals surface area contributed by atoms with E-state index in [1.54, 1.807) is 19.5 Å². The Morgan fingerprint density at radius 2 is 2.07 bits per heavy atom. The van der Waals surface area contributed by atoms with Gasteiger partial charge in [-0.2, -0.15) is 0 Å². The molecule has 1 atom stereocenters. The standard InChI is InChI=1S/C21H23N5O2S/c1-14(20(27)23-12-15-5-9-18(28-2)10-6-15)29-21-25-24-19(26(21)17-7-8-17)16-4-3-11-22-13-16/h3-6,9-11,13-14,17H,7-8,12H2,1-2H3,(H,23,27). The molecule has 1 aromatic carbocycles. The number of carbonyl (C=O) groups is 1. The van der Waals surface area contributed by atoms with Gasteiger partial charge in [0, 0.05) is 30.5 Å². The Balaban J connectivity index is 1.42. The van der Waals surface area contributed by atoms with E-state index in [-0.39, 0.29) is 11.2 Å². The molecule has 0 spiro atoms. The van der Waals surface area contributed by atoms with Crippen LogP contribution >= 0.6 is 11.8 Å². The predicted octanol–water partition coefficient (Wildman–Crippen LogP) is 3.48. The number of hydrogen-bond donors (Lipinski definition) is 1. The van der Waals surface area contributed by atoms with Gasteiger partial charge in [-0.15, -0.1) is 10.2 Å². The van der Waals surface area contributed by atoms with E-state index in [0.717, 1.165) is 40.7 Å². The van der Waals surface area contributed by atoms with Crippen LogP contribution in [-0.4, -0.2) is 38.0 Å². The number of pyridine rings is 1. The maximum Gasteiger partial charge on any atom is 0.233 e. The number of thioether (sulfide) groups is 1. The number of rotatable bonds is 8. The minimum absolute atomic E-state index is 0.0286. The number of methoxy groups -OCH3 is 1. The van der Waals surface area contributed by atoms with Gasteiger partial charge >= 0.3 is 0 Å². The van der Waals surface area contributed by atoms with Crippen LogP contribution in [0.1, 0.15) is 31.4 Å². The molecule has 150 valence electrons. The van der Waals surface area contributed by atoms with Gasteiger partial charge in [-0.05, 0) is 49.6 Å². The fraction of sp³-hybridized carbons (Fsp3) is 0.333. The molecule has 1 fully saturated rings. The molecular formula is C21H23N5O2S. The Labute approximate surface area is 173 Å². The molecule has 2 heterocycles. The maximum absolute atomic E-state index is 12.6. The van der Waals surface area contributed by atoms with Crippen molar-refractivity contribution in [2.24, 2.45) is 0 Å². The number of nitrogens with one attached hydrogen (secondary N) is 1. The summed E-state index contributed by atoms with van der Waals surface area (Å²) in [4.78, 5) is 16.8. The minimum Gasteiger partial charge on any atom is -0.497 e. The molecule has 0 bridgehead atoms. The van der Waals surface area contributed by atoms with Gasteiger partial charge in [-0.3, -0.25) is 14.3 Å². The van der Waals surface area contributed by atoms with Crippen LogP contribution in [0.15, 0.2) is 53.9 Å². The van der Waals surface area contributed by atoms with Gasteiger partial charge in [-0.1, -0.05) is 23.9 Å². The highest BCUT2D eigenvalue weighted by Gasteiger charge is 2.31. The third kappa shape index (κ3) is 4.59. The lowest BCUT2D eigenvalue weighted by molar-refractivity contribution is -0.120. The maximum atomic E-state index is 12.6. The fourth-order valence-corrected chi connectivity index (χ4v) is 3.94. The number of aromatic nitrogens is 4. The van der Waals surface area contributed by atoms with Gasteiger partial charge in [0.25, 0.3) is 0 Å². The monoisotopic (exact) mass is 409 g/mol. The van der Waals surface area contributed by atoms with Crippen molar-refractivity contribution in [1.29, 1.82) is 0 Å². The molecule has 7 nitrogen and oxygen atoms in total. The first-order chi connectivity index (χ1) is 14.2. The van der Waals surface area contributed by atoms with E-state index in [1.807, 2.05) is 43.3 Å². The van der Waals surface area contributed by atoms with E-state index in [2.05, 4.69) is 25.1 Å². The number of carbonyl (C=O) groups excluding carboxylic acids is 1. The molecular weight excluding hydrogens is 386 g/mol. The van der Waals surface area contributed by atoms with Crippen molar-refractivity contribution in [2.45, 2.75) is 42.8 Å². The third-order valence-electron chi connectivity index (χ3n) is 4.77. The minimum atomic E-state index is -0.281. The quantitative estimate of drug-likeness (QED) is 0.574. The second-order valence-electron chi connectivity index (χ2n) is 6.98. The van der Waals surface area contributed by atoms with Crippen LogP contribution in [0.2, 0.25) is 0 Å². The second kappa shape index (κ2) is 8.65. The lowest BCUT2D eigenvalue weighted by Gasteiger charge is -2.13. The van der Waals surface area contributed by atoms with Gasteiger partial charge in [0.05, 0.1) is 12.4 Å². The van der Waals surface area contributed by atoms with Crippen LogP contribution in [0.5, 0.6) is 5.75 Å². The van der Waals surface area contributed by atoms with Gasteiger partial charge in [0.1, 0.15) is 5.75 Å². The van der Waals surface area contributed by atoms with Gasteiger partial charge in [-0.25, -0.2) is 0 Å². The fourth-order valence-electron chi connectivity index (χ4n) is 3.00. The van der Waals surface area contributed by atoms with Crippen LogP contribution in [0.3, 0.4) is 0 Å².